The Labute approximate surface area is 197 Å². The third kappa shape index (κ3) is 2.55. The van der Waals surface area contributed by atoms with Crippen LogP contribution in [0.2, 0.25) is 0 Å². The summed E-state index contributed by atoms with van der Waals surface area (Å²) in [7, 11) is 0. The van der Waals surface area contributed by atoms with Crippen LogP contribution in [-0.2, 0) is 4.79 Å². The van der Waals surface area contributed by atoms with E-state index in [-0.39, 0.29) is 27.8 Å². The molecule has 0 saturated heterocycles. The molecule has 0 heterocycles. The SMILES string of the molecule is C=C(C)C1CCC2(C)CCC3(C)C(CCC4C5(C)CCC(=O)C(C)(C)C5CC(O)C43C)C12. The highest BCUT2D eigenvalue weighted by Gasteiger charge is 2.72. The highest BCUT2D eigenvalue weighted by molar-refractivity contribution is 5.85. The Kier molecular flexibility index (Phi) is 4.87. The van der Waals surface area contributed by atoms with E-state index in [4.69, 9.17) is 0 Å². The number of hydrogen-bond acceptors (Lipinski definition) is 2. The van der Waals surface area contributed by atoms with E-state index in [0.29, 0.717) is 34.9 Å². The average Bonchev–Trinajstić information content (AvgIpc) is 3.07. The first kappa shape index (κ1) is 23.1. The minimum Gasteiger partial charge on any atom is -0.393 e. The van der Waals surface area contributed by atoms with Gasteiger partial charge in [-0.3, -0.25) is 4.79 Å². The van der Waals surface area contributed by atoms with Gasteiger partial charge in [0.1, 0.15) is 5.78 Å². The summed E-state index contributed by atoms with van der Waals surface area (Å²) in [4.78, 5) is 12.9. The Morgan fingerprint density at radius 1 is 0.938 bits per heavy atom. The molecule has 32 heavy (non-hydrogen) atoms. The topological polar surface area (TPSA) is 37.3 Å². The number of aliphatic hydroxyl groups is 1. The molecule has 0 aliphatic heterocycles. The van der Waals surface area contributed by atoms with Crippen LogP contribution >= 0.6 is 0 Å². The summed E-state index contributed by atoms with van der Waals surface area (Å²) in [5, 5.41) is 12.0. The second-order valence-corrected chi connectivity index (χ2v) is 14.6. The van der Waals surface area contributed by atoms with Crippen molar-refractivity contribution in [3.63, 3.8) is 0 Å². The second-order valence-electron chi connectivity index (χ2n) is 14.6. The van der Waals surface area contributed by atoms with E-state index in [0.717, 1.165) is 25.2 Å². The van der Waals surface area contributed by atoms with E-state index in [2.05, 4.69) is 55.0 Å². The molecule has 0 aromatic carbocycles. The summed E-state index contributed by atoms with van der Waals surface area (Å²) in [5.41, 5.74) is 1.78. The van der Waals surface area contributed by atoms with Crippen LogP contribution in [0.25, 0.3) is 0 Å². The molecule has 180 valence electrons. The largest absolute Gasteiger partial charge is 0.393 e. The summed E-state index contributed by atoms with van der Waals surface area (Å²) in [6, 6.07) is 0. The molecular formula is C30H48O2. The third-order valence-electron chi connectivity index (χ3n) is 13.3. The fraction of sp³-hybridized carbons (Fsp3) is 0.900. The molecule has 5 fully saturated rings. The summed E-state index contributed by atoms with van der Waals surface area (Å²) in [6.45, 7) is 21.2. The molecule has 0 aromatic rings. The Morgan fingerprint density at radius 3 is 2.28 bits per heavy atom. The van der Waals surface area contributed by atoms with E-state index in [9.17, 15) is 9.90 Å². The molecule has 5 rings (SSSR count). The number of hydrogen-bond donors (Lipinski definition) is 1. The van der Waals surface area contributed by atoms with E-state index >= 15 is 0 Å². The fourth-order valence-corrected chi connectivity index (χ4v) is 11.2. The number of ketones is 1. The van der Waals surface area contributed by atoms with Gasteiger partial charge in [0.25, 0.3) is 0 Å². The van der Waals surface area contributed by atoms with Gasteiger partial charge in [-0.2, -0.15) is 0 Å². The molecule has 5 aliphatic rings. The van der Waals surface area contributed by atoms with Crippen LogP contribution in [0.4, 0.5) is 0 Å². The number of rotatable bonds is 1. The van der Waals surface area contributed by atoms with Crippen molar-refractivity contribution >= 4 is 5.78 Å². The van der Waals surface area contributed by atoms with Crippen LogP contribution in [-0.4, -0.2) is 17.0 Å². The van der Waals surface area contributed by atoms with Crippen molar-refractivity contribution in [3.05, 3.63) is 12.2 Å². The van der Waals surface area contributed by atoms with Gasteiger partial charge in [-0.15, -0.1) is 0 Å². The Hall–Kier alpha value is -0.630. The minimum atomic E-state index is -0.311. The zero-order chi connectivity index (χ0) is 23.5. The molecule has 0 spiro atoms. The molecule has 0 amide bonds. The lowest BCUT2D eigenvalue weighted by atomic mass is 9.31. The maximum Gasteiger partial charge on any atom is 0.138 e. The second kappa shape index (κ2) is 6.73. The minimum absolute atomic E-state index is 0.0683. The predicted molar refractivity (Wildman–Crippen MR) is 131 cm³/mol. The van der Waals surface area contributed by atoms with Crippen molar-refractivity contribution in [3.8, 4) is 0 Å². The van der Waals surface area contributed by atoms with Crippen molar-refractivity contribution in [2.45, 2.75) is 112 Å². The number of fused-ring (bicyclic) bond motifs is 7. The molecule has 2 heteroatoms. The standard InChI is InChI=1S/C30H48O2/c1-18(2)19-11-13-27(5)15-16-29(7)20(25(19)27)9-10-21-28(6)14-12-23(31)26(3,4)22(28)17-24(32)30(21,29)8/h19-22,24-25,32H,1,9-17H2,2-8H3. The Balaban J connectivity index is 1.59. The Bertz CT molecular complexity index is 842. The molecule has 1 N–H and O–H groups in total. The van der Waals surface area contributed by atoms with Crippen molar-refractivity contribution in [2.75, 3.05) is 0 Å². The van der Waals surface area contributed by atoms with Gasteiger partial charge in [-0.25, -0.2) is 0 Å². The number of aliphatic hydroxyl groups excluding tert-OH is 1. The lowest BCUT2D eigenvalue weighted by Gasteiger charge is -2.73. The first-order chi connectivity index (χ1) is 14.7. The zero-order valence-electron chi connectivity index (χ0n) is 21.9. The maximum absolute atomic E-state index is 12.9. The first-order valence-electron chi connectivity index (χ1n) is 13.6. The maximum atomic E-state index is 12.9. The summed E-state index contributed by atoms with van der Waals surface area (Å²) >= 11 is 0. The Morgan fingerprint density at radius 2 is 1.62 bits per heavy atom. The van der Waals surface area contributed by atoms with Crippen molar-refractivity contribution in [1.82, 2.24) is 0 Å². The first-order valence-corrected chi connectivity index (χ1v) is 13.6. The third-order valence-corrected chi connectivity index (χ3v) is 13.3. The van der Waals surface area contributed by atoms with Gasteiger partial charge in [-0.1, -0.05) is 53.7 Å². The molecular weight excluding hydrogens is 392 g/mol. The molecule has 2 nitrogen and oxygen atoms in total. The van der Waals surface area contributed by atoms with Crippen LogP contribution in [0.3, 0.4) is 0 Å². The van der Waals surface area contributed by atoms with Gasteiger partial charge in [-0.05, 0) is 104 Å². The quantitative estimate of drug-likeness (QED) is 0.438. The van der Waals surface area contributed by atoms with Crippen LogP contribution in [0.15, 0.2) is 12.2 Å². The number of Topliss-reactive ketones (excluding diaryl/α,β-unsaturated/α-hetero) is 1. The highest BCUT2D eigenvalue weighted by Crippen LogP contribution is 2.77. The van der Waals surface area contributed by atoms with Gasteiger partial charge >= 0.3 is 0 Å². The molecule has 0 bridgehead atoms. The van der Waals surface area contributed by atoms with Crippen molar-refractivity contribution < 1.29 is 9.90 Å². The van der Waals surface area contributed by atoms with Crippen LogP contribution < -0.4 is 0 Å². The van der Waals surface area contributed by atoms with E-state index in [1.165, 1.54) is 44.1 Å². The molecule has 0 aromatic heterocycles. The molecule has 10 unspecified atom stereocenters. The summed E-state index contributed by atoms with van der Waals surface area (Å²) in [6.07, 6.45) is 9.96. The van der Waals surface area contributed by atoms with Crippen molar-refractivity contribution in [2.24, 2.45) is 56.7 Å². The van der Waals surface area contributed by atoms with E-state index < -0.39 is 0 Å². The van der Waals surface area contributed by atoms with Crippen LogP contribution in [0.1, 0.15) is 106 Å². The number of allylic oxidation sites excluding steroid dienone is 1. The highest BCUT2D eigenvalue weighted by atomic mass is 16.3. The van der Waals surface area contributed by atoms with E-state index in [1.54, 1.807) is 0 Å². The van der Waals surface area contributed by atoms with E-state index in [1.807, 2.05) is 0 Å². The summed E-state index contributed by atoms with van der Waals surface area (Å²) < 4.78 is 0. The number of carbonyl (C=O) groups is 1. The van der Waals surface area contributed by atoms with Gasteiger partial charge in [0.05, 0.1) is 6.10 Å². The lowest BCUT2D eigenvalue weighted by molar-refractivity contribution is -0.271. The molecule has 5 saturated carbocycles. The normalized spacial score (nSPS) is 56.6. The van der Waals surface area contributed by atoms with Crippen molar-refractivity contribution in [1.29, 1.82) is 0 Å². The smallest absolute Gasteiger partial charge is 0.138 e. The summed E-state index contributed by atoms with van der Waals surface area (Å²) in [5.74, 6) is 3.28. The van der Waals surface area contributed by atoms with Gasteiger partial charge in [0.15, 0.2) is 0 Å². The predicted octanol–water partition coefficient (Wildman–Crippen LogP) is 7.20. The lowest BCUT2D eigenvalue weighted by Crippen LogP contribution is -2.70. The van der Waals surface area contributed by atoms with Gasteiger partial charge < -0.3 is 5.11 Å². The van der Waals surface area contributed by atoms with Gasteiger partial charge in [0, 0.05) is 17.3 Å². The number of carbonyl (C=O) groups excluding carboxylic acids is 1. The average molecular weight is 441 g/mol. The monoisotopic (exact) mass is 440 g/mol. The van der Waals surface area contributed by atoms with Crippen LogP contribution in [0.5, 0.6) is 0 Å². The van der Waals surface area contributed by atoms with Gasteiger partial charge in [0.2, 0.25) is 0 Å². The van der Waals surface area contributed by atoms with Crippen LogP contribution in [0, 0.1) is 56.7 Å². The fourth-order valence-electron chi connectivity index (χ4n) is 11.2. The molecule has 5 aliphatic carbocycles. The molecule has 0 radical (unpaired) electrons. The molecule has 10 atom stereocenters. The zero-order valence-corrected chi connectivity index (χ0v) is 21.9.